The van der Waals surface area contributed by atoms with E-state index in [1.807, 2.05) is 0 Å². The third-order valence-corrected chi connectivity index (χ3v) is 2.34. The minimum absolute atomic E-state index is 0.160. The van der Waals surface area contributed by atoms with Crippen molar-refractivity contribution in [2.24, 2.45) is 5.73 Å². The van der Waals surface area contributed by atoms with Crippen LogP contribution in [0.5, 0.6) is 5.75 Å². The average Bonchev–Trinajstić information content (AvgIpc) is 2.31. The molecule has 0 amide bonds. The topological polar surface area (TPSA) is 92.8 Å². The van der Waals surface area contributed by atoms with Crippen LogP contribution in [0.15, 0.2) is 24.3 Å². The molecule has 5 nitrogen and oxygen atoms in total. The molecule has 94 valence electrons. The van der Waals surface area contributed by atoms with Gasteiger partial charge in [0.05, 0.1) is 6.61 Å². The normalized spacial score (nSPS) is 14.1. The molecule has 2 atom stereocenters. The van der Waals surface area contributed by atoms with E-state index in [0.717, 1.165) is 5.56 Å². The lowest BCUT2D eigenvalue weighted by atomic mass is 10.0. The van der Waals surface area contributed by atoms with Gasteiger partial charge in [0.1, 0.15) is 5.75 Å². The maximum atomic E-state index is 11.2. The van der Waals surface area contributed by atoms with Gasteiger partial charge in [0, 0.05) is 6.04 Å². The van der Waals surface area contributed by atoms with Crippen LogP contribution in [0, 0.1) is 0 Å². The SMILES string of the molecule is CCOC(=O)[C@@H](O)[C@@H](N)Cc1ccc(O)cc1. The first-order valence-electron chi connectivity index (χ1n) is 5.42. The van der Waals surface area contributed by atoms with Crippen LogP contribution in [-0.2, 0) is 16.0 Å². The molecule has 0 aliphatic heterocycles. The van der Waals surface area contributed by atoms with Crippen molar-refractivity contribution in [1.29, 1.82) is 0 Å². The molecule has 0 aliphatic rings. The number of nitrogens with two attached hydrogens (primary N) is 1. The summed E-state index contributed by atoms with van der Waals surface area (Å²) in [6.07, 6.45) is -0.996. The largest absolute Gasteiger partial charge is 0.508 e. The lowest BCUT2D eigenvalue weighted by Crippen LogP contribution is -2.42. The van der Waals surface area contributed by atoms with Gasteiger partial charge in [-0.25, -0.2) is 4.79 Å². The zero-order chi connectivity index (χ0) is 12.8. The van der Waals surface area contributed by atoms with E-state index in [4.69, 9.17) is 10.8 Å². The van der Waals surface area contributed by atoms with E-state index in [0.29, 0.717) is 6.42 Å². The van der Waals surface area contributed by atoms with Gasteiger partial charge in [0.15, 0.2) is 6.10 Å². The summed E-state index contributed by atoms with van der Waals surface area (Å²) in [6, 6.07) is 5.70. The maximum Gasteiger partial charge on any atom is 0.336 e. The van der Waals surface area contributed by atoms with E-state index in [1.54, 1.807) is 19.1 Å². The van der Waals surface area contributed by atoms with Gasteiger partial charge in [-0.05, 0) is 31.0 Å². The van der Waals surface area contributed by atoms with Gasteiger partial charge >= 0.3 is 5.97 Å². The summed E-state index contributed by atoms with van der Waals surface area (Å²) < 4.78 is 4.67. The van der Waals surface area contributed by atoms with E-state index in [9.17, 15) is 9.90 Å². The Morgan fingerprint density at radius 1 is 1.41 bits per heavy atom. The fourth-order valence-corrected chi connectivity index (χ4v) is 1.42. The number of rotatable bonds is 5. The number of hydrogen-bond donors (Lipinski definition) is 3. The molecule has 0 bridgehead atoms. The van der Waals surface area contributed by atoms with Crippen LogP contribution >= 0.6 is 0 Å². The van der Waals surface area contributed by atoms with E-state index >= 15 is 0 Å². The van der Waals surface area contributed by atoms with Crippen LogP contribution in [0.2, 0.25) is 0 Å². The van der Waals surface area contributed by atoms with Gasteiger partial charge in [-0.15, -0.1) is 0 Å². The molecule has 0 aliphatic carbocycles. The first kappa shape index (κ1) is 13.5. The number of carbonyl (C=O) groups excluding carboxylic acids is 1. The first-order chi connectivity index (χ1) is 8.04. The molecule has 1 rings (SSSR count). The first-order valence-corrected chi connectivity index (χ1v) is 5.42. The van der Waals surface area contributed by atoms with E-state index in [1.165, 1.54) is 12.1 Å². The molecule has 17 heavy (non-hydrogen) atoms. The standard InChI is InChI=1S/C12H17NO4/c1-2-17-12(16)11(15)10(13)7-8-3-5-9(14)6-4-8/h3-6,10-11,14-15H,2,7,13H2,1H3/t10-,11-/m0/s1. The average molecular weight is 239 g/mol. The van der Waals surface area contributed by atoms with E-state index in [-0.39, 0.29) is 12.4 Å². The van der Waals surface area contributed by atoms with Crippen molar-refractivity contribution in [3.8, 4) is 5.75 Å². The predicted molar refractivity (Wildman–Crippen MR) is 62.4 cm³/mol. The zero-order valence-corrected chi connectivity index (χ0v) is 9.67. The van der Waals surface area contributed by atoms with E-state index < -0.39 is 18.1 Å². The molecule has 1 aromatic carbocycles. The highest BCUT2D eigenvalue weighted by Gasteiger charge is 2.24. The minimum Gasteiger partial charge on any atom is -0.508 e. The highest BCUT2D eigenvalue weighted by molar-refractivity contribution is 5.75. The molecule has 0 saturated carbocycles. The lowest BCUT2D eigenvalue weighted by molar-refractivity contribution is -0.154. The Labute approximate surface area is 99.8 Å². The summed E-state index contributed by atoms with van der Waals surface area (Å²) in [4.78, 5) is 11.2. The lowest BCUT2D eigenvalue weighted by Gasteiger charge is -2.17. The second-order valence-corrected chi connectivity index (χ2v) is 3.73. The van der Waals surface area contributed by atoms with Gasteiger partial charge in [0.2, 0.25) is 0 Å². The van der Waals surface area contributed by atoms with Crippen molar-refractivity contribution in [2.45, 2.75) is 25.5 Å². The number of benzene rings is 1. The molecular weight excluding hydrogens is 222 g/mol. The molecule has 0 radical (unpaired) electrons. The Balaban J connectivity index is 2.56. The Morgan fingerprint density at radius 2 is 2.00 bits per heavy atom. The number of aliphatic hydroxyl groups is 1. The van der Waals surface area contributed by atoms with Crippen LogP contribution in [-0.4, -0.2) is 34.9 Å². The highest BCUT2D eigenvalue weighted by atomic mass is 16.5. The fourth-order valence-electron chi connectivity index (χ4n) is 1.42. The second kappa shape index (κ2) is 6.22. The van der Waals surface area contributed by atoms with Gasteiger partial charge in [-0.1, -0.05) is 12.1 Å². The maximum absolute atomic E-state index is 11.2. The van der Waals surface area contributed by atoms with Gasteiger partial charge < -0.3 is 20.7 Å². The van der Waals surface area contributed by atoms with Crippen molar-refractivity contribution < 1.29 is 19.7 Å². The molecule has 1 aromatic rings. The Kier molecular flexibility index (Phi) is 4.93. The second-order valence-electron chi connectivity index (χ2n) is 3.73. The number of carbonyl (C=O) groups is 1. The number of phenols is 1. The van der Waals surface area contributed by atoms with E-state index in [2.05, 4.69) is 4.74 Å². The van der Waals surface area contributed by atoms with Crippen molar-refractivity contribution in [3.05, 3.63) is 29.8 Å². The van der Waals surface area contributed by atoms with Crippen molar-refractivity contribution >= 4 is 5.97 Å². The number of aromatic hydroxyl groups is 1. The van der Waals surface area contributed by atoms with Gasteiger partial charge in [-0.3, -0.25) is 0 Å². The van der Waals surface area contributed by atoms with Crippen molar-refractivity contribution in [1.82, 2.24) is 0 Å². The van der Waals surface area contributed by atoms with Crippen LogP contribution < -0.4 is 5.73 Å². The Bertz CT molecular complexity index is 363. The van der Waals surface area contributed by atoms with Crippen molar-refractivity contribution in [3.63, 3.8) is 0 Å². The van der Waals surface area contributed by atoms with Crippen LogP contribution in [0.4, 0.5) is 0 Å². The summed E-state index contributed by atoms with van der Waals surface area (Å²) in [5.74, 6) is -0.549. The fraction of sp³-hybridized carbons (Fsp3) is 0.417. The molecule has 0 spiro atoms. The predicted octanol–water partition coefficient (Wildman–Crippen LogP) is 0.186. The number of aliphatic hydroxyl groups excluding tert-OH is 1. The molecule has 0 aromatic heterocycles. The zero-order valence-electron chi connectivity index (χ0n) is 9.67. The van der Waals surface area contributed by atoms with Gasteiger partial charge in [-0.2, -0.15) is 0 Å². The van der Waals surface area contributed by atoms with Crippen LogP contribution in [0.25, 0.3) is 0 Å². The Hall–Kier alpha value is -1.59. The molecule has 4 N–H and O–H groups in total. The summed E-state index contributed by atoms with van der Waals surface area (Å²) in [7, 11) is 0. The molecule has 0 fully saturated rings. The molecule has 5 heteroatoms. The quantitative estimate of drug-likeness (QED) is 0.638. The minimum atomic E-state index is -1.33. The molecule has 0 saturated heterocycles. The van der Waals surface area contributed by atoms with Crippen LogP contribution in [0.3, 0.4) is 0 Å². The monoisotopic (exact) mass is 239 g/mol. The number of esters is 1. The van der Waals surface area contributed by atoms with Crippen LogP contribution in [0.1, 0.15) is 12.5 Å². The molecule has 0 heterocycles. The third kappa shape index (κ3) is 4.05. The van der Waals surface area contributed by atoms with Crippen molar-refractivity contribution in [2.75, 3.05) is 6.61 Å². The molecular formula is C12H17NO4. The summed E-state index contributed by atoms with van der Waals surface area (Å²) >= 11 is 0. The smallest absolute Gasteiger partial charge is 0.336 e. The number of hydrogen-bond acceptors (Lipinski definition) is 5. The summed E-state index contributed by atoms with van der Waals surface area (Å²) in [5, 5.41) is 18.7. The number of ether oxygens (including phenoxy) is 1. The Morgan fingerprint density at radius 3 is 2.53 bits per heavy atom. The van der Waals surface area contributed by atoms with Gasteiger partial charge in [0.25, 0.3) is 0 Å². The highest BCUT2D eigenvalue weighted by Crippen LogP contribution is 2.12. The summed E-state index contributed by atoms with van der Waals surface area (Å²) in [6.45, 7) is 1.87. The number of phenolic OH excluding ortho intramolecular Hbond substituents is 1. The third-order valence-electron chi connectivity index (χ3n) is 2.34. The summed E-state index contributed by atoms with van der Waals surface area (Å²) in [5.41, 5.74) is 6.54. The molecule has 0 unspecified atom stereocenters.